The van der Waals surface area contributed by atoms with Crippen LogP contribution in [0.15, 0.2) is 47.7 Å². The van der Waals surface area contributed by atoms with Crippen LogP contribution in [-0.2, 0) is 4.74 Å². The zero-order valence-corrected chi connectivity index (χ0v) is 15.0. The third-order valence-corrected chi connectivity index (χ3v) is 3.69. The van der Waals surface area contributed by atoms with Crippen LogP contribution in [0.1, 0.15) is 32.8 Å². The highest BCUT2D eigenvalue weighted by atomic mass is 35.5. The summed E-state index contributed by atoms with van der Waals surface area (Å²) in [7, 11) is 0. The van der Waals surface area contributed by atoms with E-state index in [0.29, 0.717) is 27.5 Å². The van der Waals surface area contributed by atoms with Crippen LogP contribution in [0.3, 0.4) is 0 Å². The zero-order valence-electron chi connectivity index (χ0n) is 13.5. The van der Waals surface area contributed by atoms with Gasteiger partial charge >= 0.3 is 0 Å². The number of rotatable bonds is 5. The lowest BCUT2D eigenvalue weighted by atomic mass is 10.1. The number of pyridine rings is 1. The number of aliphatic imine (C=N–C) groups is 1. The summed E-state index contributed by atoms with van der Waals surface area (Å²) in [6, 6.07) is 8.96. The molecule has 1 unspecified atom stereocenters. The van der Waals surface area contributed by atoms with E-state index in [1.54, 1.807) is 30.6 Å². The summed E-state index contributed by atoms with van der Waals surface area (Å²) in [5.41, 5.74) is 1.43. The maximum absolute atomic E-state index is 6.22. The van der Waals surface area contributed by atoms with Gasteiger partial charge in [-0.2, -0.15) is 0 Å². The average Bonchev–Trinajstić information content (AvgIpc) is 2.49. The van der Waals surface area contributed by atoms with E-state index in [9.17, 15) is 0 Å². The van der Waals surface area contributed by atoms with E-state index in [0.717, 1.165) is 12.0 Å². The lowest BCUT2D eigenvalue weighted by Gasteiger charge is -2.18. The lowest BCUT2D eigenvalue weighted by Crippen LogP contribution is -2.18. The van der Waals surface area contributed by atoms with E-state index in [1.807, 2.05) is 19.1 Å². The minimum atomic E-state index is 0.0417. The van der Waals surface area contributed by atoms with Crippen LogP contribution in [-0.4, -0.2) is 17.0 Å². The SMILES string of the molecule is CC(C)CC(C)OC(=Nc1ccc(Cl)cc1Cl)c1cccnc1. The molecule has 0 fully saturated rings. The second kappa shape index (κ2) is 8.32. The molecule has 0 spiro atoms. The molecule has 0 aliphatic carbocycles. The number of benzene rings is 1. The molecule has 0 aliphatic heterocycles. The Morgan fingerprint density at radius 3 is 2.61 bits per heavy atom. The molecule has 1 aromatic carbocycles. The van der Waals surface area contributed by atoms with Gasteiger partial charge in [-0.15, -0.1) is 0 Å². The van der Waals surface area contributed by atoms with Gasteiger partial charge in [0, 0.05) is 17.4 Å². The standard InChI is InChI=1S/C18H20Cl2N2O/c1-12(2)9-13(3)23-18(14-5-4-8-21-11-14)22-17-7-6-15(19)10-16(17)20/h4-8,10-13H,9H2,1-3H3. The summed E-state index contributed by atoms with van der Waals surface area (Å²) in [6.45, 7) is 6.36. The molecular formula is C18H20Cl2N2O. The van der Waals surface area contributed by atoms with Gasteiger partial charge in [0.2, 0.25) is 5.90 Å². The largest absolute Gasteiger partial charge is 0.474 e. The van der Waals surface area contributed by atoms with Gasteiger partial charge in [-0.05, 0) is 49.6 Å². The molecule has 122 valence electrons. The number of halogens is 2. The van der Waals surface area contributed by atoms with Crippen molar-refractivity contribution >= 4 is 34.8 Å². The maximum Gasteiger partial charge on any atom is 0.223 e. The number of hydrogen-bond donors (Lipinski definition) is 0. The average molecular weight is 351 g/mol. The third-order valence-electron chi connectivity index (χ3n) is 3.16. The topological polar surface area (TPSA) is 34.5 Å². The molecule has 0 radical (unpaired) electrons. The van der Waals surface area contributed by atoms with E-state index < -0.39 is 0 Å². The molecule has 1 heterocycles. The first kappa shape index (κ1) is 17.8. The van der Waals surface area contributed by atoms with Gasteiger partial charge in [0.25, 0.3) is 0 Å². The van der Waals surface area contributed by atoms with Crippen LogP contribution < -0.4 is 0 Å². The van der Waals surface area contributed by atoms with Gasteiger partial charge in [-0.1, -0.05) is 37.0 Å². The Labute approximate surface area is 147 Å². The minimum absolute atomic E-state index is 0.0417. The van der Waals surface area contributed by atoms with Crippen molar-refractivity contribution in [3.05, 3.63) is 58.3 Å². The van der Waals surface area contributed by atoms with Crippen molar-refractivity contribution in [2.45, 2.75) is 33.3 Å². The Balaban J connectivity index is 2.35. The fourth-order valence-electron chi connectivity index (χ4n) is 2.23. The number of nitrogens with zero attached hydrogens (tertiary/aromatic N) is 2. The van der Waals surface area contributed by atoms with Crippen molar-refractivity contribution in [2.75, 3.05) is 0 Å². The van der Waals surface area contributed by atoms with Gasteiger partial charge in [0.05, 0.1) is 22.4 Å². The second-order valence-corrected chi connectivity index (χ2v) is 6.66. The molecule has 0 amide bonds. The molecule has 5 heteroatoms. The molecular weight excluding hydrogens is 331 g/mol. The molecule has 0 saturated carbocycles. The summed E-state index contributed by atoms with van der Waals surface area (Å²) in [4.78, 5) is 8.72. The molecule has 0 N–H and O–H groups in total. The third kappa shape index (κ3) is 5.52. The van der Waals surface area contributed by atoms with E-state index in [-0.39, 0.29) is 6.10 Å². The van der Waals surface area contributed by atoms with E-state index in [1.165, 1.54) is 0 Å². The Bertz CT molecular complexity index is 672. The summed E-state index contributed by atoms with van der Waals surface area (Å²) in [6.07, 6.45) is 4.42. The Kier molecular flexibility index (Phi) is 6.43. The Morgan fingerprint density at radius 2 is 2.00 bits per heavy atom. The number of ether oxygens (including phenoxy) is 1. The summed E-state index contributed by atoms with van der Waals surface area (Å²) in [5, 5.41) is 1.06. The molecule has 2 aromatic rings. The van der Waals surface area contributed by atoms with E-state index in [2.05, 4.69) is 23.8 Å². The highest BCUT2D eigenvalue weighted by molar-refractivity contribution is 6.36. The van der Waals surface area contributed by atoms with Crippen LogP contribution >= 0.6 is 23.2 Å². The monoisotopic (exact) mass is 350 g/mol. The molecule has 2 rings (SSSR count). The fraction of sp³-hybridized carbons (Fsp3) is 0.333. The molecule has 1 atom stereocenters. The first-order chi connectivity index (χ1) is 11.0. The normalized spacial score (nSPS) is 13.2. The van der Waals surface area contributed by atoms with E-state index >= 15 is 0 Å². The van der Waals surface area contributed by atoms with Gasteiger partial charge < -0.3 is 4.74 Å². The Hall–Kier alpha value is -1.58. The highest BCUT2D eigenvalue weighted by Gasteiger charge is 2.13. The first-order valence-electron chi connectivity index (χ1n) is 7.56. The summed E-state index contributed by atoms with van der Waals surface area (Å²) >= 11 is 12.2. The predicted octanol–water partition coefficient (Wildman–Crippen LogP) is 5.92. The second-order valence-electron chi connectivity index (χ2n) is 5.81. The van der Waals surface area contributed by atoms with Crippen molar-refractivity contribution in [3.63, 3.8) is 0 Å². The smallest absolute Gasteiger partial charge is 0.223 e. The molecule has 0 aliphatic rings. The molecule has 1 aromatic heterocycles. The van der Waals surface area contributed by atoms with Gasteiger partial charge in [0.1, 0.15) is 0 Å². The van der Waals surface area contributed by atoms with Crippen molar-refractivity contribution in [3.8, 4) is 0 Å². The predicted molar refractivity (Wildman–Crippen MR) is 96.9 cm³/mol. The van der Waals surface area contributed by atoms with Crippen LogP contribution in [0.5, 0.6) is 0 Å². The maximum atomic E-state index is 6.22. The minimum Gasteiger partial charge on any atom is -0.474 e. The Morgan fingerprint density at radius 1 is 1.22 bits per heavy atom. The number of aromatic nitrogens is 1. The van der Waals surface area contributed by atoms with Crippen LogP contribution in [0.25, 0.3) is 0 Å². The summed E-state index contributed by atoms with van der Waals surface area (Å²) in [5.74, 6) is 1.05. The quantitative estimate of drug-likeness (QED) is 0.495. The first-order valence-corrected chi connectivity index (χ1v) is 8.32. The van der Waals surface area contributed by atoms with Crippen molar-refractivity contribution < 1.29 is 4.74 Å². The summed E-state index contributed by atoms with van der Waals surface area (Å²) < 4.78 is 6.05. The zero-order chi connectivity index (χ0) is 16.8. The van der Waals surface area contributed by atoms with Gasteiger partial charge in [0.15, 0.2) is 0 Å². The molecule has 3 nitrogen and oxygen atoms in total. The lowest BCUT2D eigenvalue weighted by molar-refractivity contribution is 0.181. The fourth-order valence-corrected chi connectivity index (χ4v) is 2.68. The van der Waals surface area contributed by atoms with Gasteiger partial charge in [-0.25, -0.2) is 4.99 Å². The molecule has 0 saturated heterocycles. The van der Waals surface area contributed by atoms with Gasteiger partial charge in [-0.3, -0.25) is 4.98 Å². The highest BCUT2D eigenvalue weighted by Crippen LogP contribution is 2.29. The number of hydrogen-bond acceptors (Lipinski definition) is 3. The molecule has 0 bridgehead atoms. The van der Waals surface area contributed by atoms with Crippen molar-refractivity contribution in [2.24, 2.45) is 10.9 Å². The van der Waals surface area contributed by atoms with E-state index in [4.69, 9.17) is 27.9 Å². The van der Waals surface area contributed by atoms with Crippen molar-refractivity contribution in [1.82, 2.24) is 4.98 Å². The van der Waals surface area contributed by atoms with Crippen molar-refractivity contribution in [1.29, 1.82) is 0 Å². The van der Waals surface area contributed by atoms with Crippen LogP contribution in [0.2, 0.25) is 10.0 Å². The van der Waals surface area contributed by atoms with Crippen LogP contribution in [0.4, 0.5) is 5.69 Å². The van der Waals surface area contributed by atoms with Crippen LogP contribution in [0, 0.1) is 5.92 Å². The molecule has 23 heavy (non-hydrogen) atoms.